The molecule has 240 valence electrons. The molecule has 3 amide bonds. The fourth-order valence-electron chi connectivity index (χ4n) is 4.60. The molecule has 1 aromatic carbocycles. The molecule has 2 aliphatic rings. The number of amides is 3. The first-order chi connectivity index (χ1) is 20.6. The quantitative estimate of drug-likeness (QED) is 0.278. The average Bonchev–Trinajstić information content (AvgIpc) is 3.26. The molecular weight excluding hydrogens is 580 g/mol. The summed E-state index contributed by atoms with van der Waals surface area (Å²) in [6.45, 7) is 16.9. The minimum Gasteiger partial charge on any atom is -0.341 e. The summed E-state index contributed by atoms with van der Waals surface area (Å²) < 4.78 is 49.3. The molecule has 13 heteroatoms. The van der Waals surface area contributed by atoms with E-state index in [4.69, 9.17) is 5.26 Å². The zero-order valence-electron chi connectivity index (χ0n) is 26.3. The fraction of sp³-hybridized carbons (Fsp3) is 0.548. The third kappa shape index (κ3) is 10.2. The van der Waals surface area contributed by atoms with Gasteiger partial charge in [0.25, 0.3) is 0 Å². The number of hydrogen-bond acceptors (Lipinski definition) is 6. The predicted molar refractivity (Wildman–Crippen MR) is 158 cm³/mol. The molecule has 2 heterocycles. The summed E-state index contributed by atoms with van der Waals surface area (Å²) in [5.74, 6) is 4.20. The Morgan fingerprint density at radius 3 is 2.23 bits per heavy atom. The van der Waals surface area contributed by atoms with Crippen LogP contribution in [0.1, 0.15) is 72.7 Å². The van der Waals surface area contributed by atoms with Gasteiger partial charge >= 0.3 is 12.1 Å². The Hall–Kier alpha value is -4.26. The average molecular weight is 621 g/mol. The molecule has 44 heavy (non-hydrogen) atoms. The van der Waals surface area contributed by atoms with Crippen LogP contribution in [0.4, 0.5) is 17.6 Å². The molecule has 0 bridgehead atoms. The highest BCUT2D eigenvalue weighted by atomic mass is 19.4. The summed E-state index contributed by atoms with van der Waals surface area (Å²) in [7, 11) is 0. The van der Waals surface area contributed by atoms with Gasteiger partial charge in [-0.1, -0.05) is 54.4 Å². The highest BCUT2D eigenvalue weighted by molar-refractivity contribution is 5.90. The lowest BCUT2D eigenvalue weighted by molar-refractivity contribution is -0.174. The van der Waals surface area contributed by atoms with Gasteiger partial charge in [-0.15, -0.1) is 5.92 Å². The summed E-state index contributed by atoms with van der Waals surface area (Å²) >= 11 is 0. The number of alkyl halides is 3. The molecule has 3 atom stereocenters. The first kappa shape index (κ1) is 37.8. The number of halogens is 4. The number of hydrogen-bond donors (Lipinski definition) is 2. The summed E-state index contributed by atoms with van der Waals surface area (Å²) in [5.41, 5.74) is 0.890. The lowest BCUT2D eigenvalue weighted by Gasteiger charge is -2.22. The van der Waals surface area contributed by atoms with Crippen molar-refractivity contribution in [1.29, 1.82) is 5.26 Å². The number of likely N-dealkylation sites (tertiary alicyclic amines) is 1. The minimum absolute atomic E-state index is 0.242. The zero-order valence-corrected chi connectivity index (χ0v) is 26.3. The third-order valence-electron chi connectivity index (χ3n) is 6.78. The molecule has 1 saturated heterocycles. The molecule has 2 aromatic rings. The maximum absolute atomic E-state index is 13.5. The molecule has 4 rings (SSSR count). The molecule has 9 nitrogen and oxygen atoms in total. The van der Waals surface area contributed by atoms with Crippen LogP contribution in [0.15, 0.2) is 18.3 Å². The third-order valence-corrected chi connectivity index (χ3v) is 6.78. The van der Waals surface area contributed by atoms with Gasteiger partial charge in [0.15, 0.2) is 6.04 Å². The van der Waals surface area contributed by atoms with E-state index in [0.717, 1.165) is 5.92 Å². The van der Waals surface area contributed by atoms with Crippen LogP contribution in [0.5, 0.6) is 0 Å². The second kappa shape index (κ2) is 16.6. The van der Waals surface area contributed by atoms with Crippen molar-refractivity contribution in [2.24, 2.45) is 23.2 Å². The molecule has 0 spiro atoms. The molecule has 2 unspecified atom stereocenters. The van der Waals surface area contributed by atoms with Crippen LogP contribution >= 0.6 is 0 Å². The Morgan fingerprint density at radius 2 is 1.75 bits per heavy atom. The molecule has 2 fully saturated rings. The number of carbonyl (C=O) groups excluding carboxylic acids is 3. The Bertz CT molecular complexity index is 1390. The Labute approximate surface area is 255 Å². The van der Waals surface area contributed by atoms with Crippen molar-refractivity contribution in [1.82, 2.24) is 25.7 Å². The van der Waals surface area contributed by atoms with Crippen LogP contribution in [-0.2, 0) is 14.4 Å². The van der Waals surface area contributed by atoms with E-state index in [0.29, 0.717) is 47.7 Å². The van der Waals surface area contributed by atoms with Gasteiger partial charge in [-0.3, -0.25) is 14.4 Å². The largest absolute Gasteiger partial charge is 0.471 e. The van der Waals surface area contributed by atoms with Crippen LogP contribution in [0.25, 0.3) is 10.8 Å². The van der Waals surface area contributed by atoms with Gasteiger partial charge < -0.3 is 15.5 Å². The number of fused-ring (bicyclic) bond motifs is 2. The molecule has 1 saturated carbocycles. The van der Waals surface area contributed by atoms with Crippen molar-refractivity contribution < 1.29 is 31.9 Å². The Morgan fingerprint density at radius 1 is 1.18 bits per heavy atom. The lowest BCUT2D eigenvalue weighted by Crippen LogP contribution is -2.44. The first-order valence-corrected chi connectivity index (χ1v) is 14.2. The molecular formula is C31H40F4N6O3. The number of nitriles is 1. The number of aromatic nitrogens is 2. The molecule has 1 aromatic heterocycles. The minimum atomic E-state index is -4.94. The van der Waals surface area contributed by atoms with Gasteiger partial charge in [-0.25, -0.2) is 4.39 Å². The number of nitrogens with zero attached hydrogens (tertiary/aromatic N) is 4. The number of rotatable bonds is 5. The van der Waals surface area contributed by atoms with Crippen molar-refractivity contribution in [3.05, 3.63) is 35.4 Å². The van der Waals surface area contributed by atoms with Crippen molar-refractivity contribution in [2.75, 3.05) is 19.6 Å². The Balaban J connectivity index is 0.000000375. The number of carbonyl (C=O) groups is 3. The van der Waals surface area contributed by atoms with Crippen LogP contribution in [0.3, 0.4) is 0 Å². The molecule has 1 aliphatic heterocycles. The van der Waals surface area contributed by atoms with Crippen LogP contribution in [0.2, 0.25) is 0 Å². The number of nitrogens with one attached hydrogen (secondary N) is 2. The number of piperidine rings is 1. The topological polar surface area (TPSA) is 128 Å². The summed E-state index contributed by atoms with van der Waals surface area (Å²) in [6.07, 6.45) is -3.14. The van der Waals surface area contributed by atoms with E-state index >= 15 is 0 Å². The second-order valence-corrected chi connectivity index (χ2v) is 11.1. The van der Waals surface area contributed by atoms with Crippen molar-refractivity contribution in [2.45, 2.75) is 67.6 Å². The van der Waals surface area contributed by atoms with Crippen molar-refractivity contribution >= 4 is 29.0 Å². The van der Waals surface area contributed by atoms with E-state index in [1.165, 1.54) is 23.2 Å². The first-order valence-electron chi connectivity index (χ1n) is 14.2. The normalized spacial score (nSPS) is 17.8. The Kier molecular flexibility index (Phi) is 14.2. The standard InChI is InChI=1S/C14H9FN4O.C11H15F3N2O2.C4H10.C2H6/c1-2-3-9-4-11(15)5-10-7-18-19-14(13(9)10)12(6-16)17-8-20;1-10(2)6-4-16(5-7(6)10)8(17)3-15-9(18)11(12,13)14;1-4(2)3;1-2/h4-5,7-8,12H,1H3,(H,17,20);6-7H,3-5H2,1-2H3,(H,15,18);4H,1-3H3;1-2H3/t;6-,7?;;/m.0../s1. The zero-order chi connectivity index (χ0) is 33.8. The SMILES string of the molecule is CC.CC#Cc1cc(F)cc2cnnc(C(C#N)NC=O)c12.CC(C)C.CC1(C)C2CN(C(=O)CNC(=O)C(F)(F)F)C[C@@H]21. The van der Waals surface area contributed by atoms with Crippen molar-refractivity contribution in [3.63, 3.8) is 0 Å². The highest BCUT2D eigenvalue weighted by Crippen LogP contribution is 2.61. The van der Waals surface area contributed by atoms with Gasteiger partial charge in [0.2, 0.25) is 12.3 Å². The van der Waals surface area contributed by atoms with E-state index in [-0.39, 0.29) is 11.1 Å². The summed E-state index contributed by atoms with van der Waals surface area (Å²) in [4.78, 5) is 34.2. The van der Waals surface area contributed by atoms with E-state index < -0.39 is 36.4 Å². The summed E-state index contributed by atoms with van der Waals surface area (Å²) in [6, 6.07) is 3.49. The number of benzene rings is 1. The highest BCUT2D eigenvalue weighted by Gasteiger charge is 2.62. The van der Waals surface area contributed by atoms with Crippen molar-refractivity contribution in [3.8, 4) is 17.9 Å². The van der Waals surface area contributed by atoms with Gasteiger partial charge in [0.05, 0.1) is 18.8 Å². The fourth-order valence-corrected chi connectivity index (χ4v) is 4.60. The van der Waals surface area contributed by atoms with Crippen LogP contribution in [0, 0.1) is 52.2 Å². The van der Waals surface area contributed by atoms with Crippen LogP contribution in [-0.4, -0.2) is 59.1 Å². The van der Waals surface area contributed by atoms with Gasteiger partial charge in [0.1, 0.15) is 11.5 Å². The lowest BCUT2D eigenvalue weighted by atomic mass is 10.0. The maximum Gasteiger partial charge on any atom is 0.471 e. The van der Waals surface area contributed by atoms with Gasteiger partial charge in [-0.05, 0) is 42.2 Å². The predicted octanol–water partition coefficient (Wildman–Crippen LogP) is 4.92. The van der Waals surface area contributed by atoms with Gasteiger partial charge in [0, 0.05) is 29.4 Å². The van der Waals surface area contributed by atoms with E-state index in [9.17, 15) is 31.9 Å². The summed E-state index contributed by atoms with van der Waals surface area (Å²) in [5, 5.41) is 21.6. The van der Waals surface area contributed by atoms with Gasteiger partial charge in [-0.2, -0.15) is 28.6 Å². The van der Waals surface area contributed by atoms with E-state index in [2.05, 4.69) is 62.0 Å². The monoisotopic (exact) mass is 620 g/mol. The smallest absolute Gasteiger partial charge is 0.341 e. The van der Waals surface area contributed by atoms with Crippen LogP contribution < -0.4 is 10.6 Å². The molecule has 1 aliphatic carbocycles. The molecule has 2 N–H and O–H groups in total. The molecule has 0 radical (unpaired) electrons. The van der Waals surface area contributed by atoms with E-state index in [1.54, 1.807) is 12.2 Å². The maximum atomic E-state index is 13.5. The second-order valence-electron chi connectivity index (χ2n) is 11.1. The van der Waals surface area contributed by atoms with E-state index in [1.807, 2.05) is 19.9 Å².